The Kier molecular flexibility index (Phi) is 1.92. The highest BCUT2D eigenvalue weighted by Crippen LogP contribution is 2.15. The molecule has 1 aromatic carbocycles. The molecule has 0 aliphatic rings. The van der Waals surface area contributed by atoms with Gasteiger partial charge >= 0.3 is 0 Å². The molecule has 0 atom stereocenters. The third-order valence-electron chi connectivity index (χ3n) is 1.74. The summed E-state index contributed by atoms with van der Waals surface area (Å²) in [5.74, 6) is 0.235. The maximum atomic E-state index is 10.2. The molecule has 0 fully saturated rings. The zero-order valence-corrected chi connectivity index (χ0v) is 6.82. The number of rotatable bonds is 2. The van der Waals surface area contributed by atoms with E-state index in [2.05, 4.69) is 9.97 Å². The van der Waals surface area contributed by atoms with Gasteiger partial charge < -0.3 is 4.98 Å². The lowest BCUT2D eigenvalue weighted by Crippen LogP contribution is -1.81. The maximum absolute atomic E-state index is 10.2. The number of hydrogen-bond acceptors (Lipinski definition) is 2. The van der Waals surface area contributed by atoms with E-state index in [1.807, 2.05) is 30.3 Å². The van der Waals surface area contributed by atoms with Crippen molar-refractivity contribution in [2.75, 3.05) is 0 Å². The standard InChI is InChI=1S/C10H7N2O/c13-7-10-11-6-9(12-10)8-4-2-1-3-5-8/h1-6H,(H,11,12). The molecule has 0 aliphatic carbocycles. The summed E-state index contributed by atoms with van der Waals surface area (Å²) >= 11 is 0. The fraction of sp³-hybridized carbons (Fsp3) is 0. The Balaban J connectivity index is 2.41. The van der Waals surface area contributed by atoms with Crippen LogP contribution in [-0.4, -0.2) is 16.3 Å². The molecule has 0 unspecified atom stereocenters. The highest BCUT2D eigenvalue weighted by atomic mass is 16.1. The molecule has 0 saturated heterocycles. The Hall–Kier alpha value is -1.90. The molecule has 3 heteroatoms. The lowest BCUT2D eigenvalue weighted by atomic mass is 10.2. The Bertz CT molecular complexity index is 406. The van der Waals surface area contributed by atoms with Crippen LogP contribution in [0.15, 0.2) is 36.5 Å². The van der Waals surface area contributed by atoms with Crippen LogP contribution in [0.5, 0.6) is 0 Å². The summed E-state index contributed by atoms with van der Waals surface area (Å²) in [6.07, 6.45) is 3.39. The first-order valence-corrected chi connectivity index (χ1v) is 3.89. The van der Waals surface area contributed by atoms with Gasteiger partial charge in [-0.2, -0.15) is 0 Å². The SMILES string of the molecule is O=[C]c1nc(-c2ccccc2)c[nH]1. The van der Waals surface area contributed by atoms with Gasteiger partial charge in [0.2, 0.25) is 0 Å². The topological polar surface area (TPSA) is 45.8 Å². The van der Waals surface area contributed by atoms with Crippen LogP contribution in [-0.2, 0) is 4.79 Å². The first-order chi connectivity index (χ1) is 6.40. The van der Waals surface area contributed by atoms with Crippen molar-refractivity contribution in [1.82, 2.24) is 9.97 Å². The summed E-state index contributed by atoms with van der Waals surface area (Å²) in [5.41, 5.74) is 1.75. The number of carbonyl (C=O) groups excluding carboxylic acids is 1. The van der Waals surface area contributed by atoms with E-state index in [0.717, 1.165) is 11.3 Å². The summed E-state index contributed by atoms with van der Waals surface area (Å²) in [7, 11) is 0. The van der Waals surface area contributed by atoms with E-state index in [-0.39, 0.29) is 5.82 Å². The minimum Gasteiger partial charge on any atom is -0.341 e. The number of benzene rings is 1. The molecule has 3 nitrogen and oxygen atoms in total. The Labute approximate surface area is 75.4 Å². The van der Waals surface area contributed by atoms with Gasteiger partial charge in [0, 0.05) is 11.8 Å². The average Bonchev–Trinajstić information content (AvgIpc) is 2.67. The van der Waals surface area contributed by atoms with Gasteiger partial charge in [0.1, 0.15) is 0 Å². The summed E-state index contributed by atoms with van der Waals surface area (Å²) in [4.78, 5) is 17.0. The summed E-state index contributed by atoms with van der Waals surface area (Å²) in [5, 5.41) is 0. The Morgan fingerprint density at radius 2 is 2.00 bits per heavy atom. The van der Waals surface area contributed by atoms with Crippen molar-refractivity contribution in [2.24, 2.45) is 0 Å². The van der Waals surface area contributed by atoms with Gasteiger partial charge in [0.25, 0.3) is 6.29 Å². The molecule has 0 aliphatic heterocycles. The van der Waals surface area contributed by atoms with E-state index in [4.69, 9.17) is 0 Å². The van der Waals surface area contributed by atoms with Crippen LogP contribution in [0, 0.1) is 0 Å². The van der Waals surface area contributed by atoms with Crippen LogP contribution in [0.2, 0.25) is 0 Å². The van der Waals surface area contributed by atoms with Gasteiger partial charge in [0.15, 0.2) is 5.82 Å². The molecule has 1 N–H and O–H groups in total. The van der Waals surface area contributed by atoms with E-state index in [9.17, 15) is 4.79 Å². The zero-order valence-electron chi connectivity index (χ0n) is 6.82. The van der Waals surface area contributed by atoms with Crippen molar-refractivity contribution in [1.29, 1.82) is 0 Å². The van der Waals surface area contributed by atoms with Gasteiger partial charge in [-0.05, 0) is 0 Å². The number of aromatic amines is 1. The van der Waals surface area contributed by atoms with E-state index >= 15 is 0 Å². The van der Waals surface area contributed by atoms with Gasteiger partial charge in [-0.3, -0.25) is 4.79 Å². The molecule has 0 saturated carbocycles. The van der Waals surface area contributed by atoms with Gasteiger partial charge in [-0.25, -0.2) is 4.98 Å². The van der Waals surface area contributed by atoms with Crippen molar-refractivity contribution >= 4 is 6.29 Å². The summed E-state index contributed by atoms with van der Waals surface area (Å²) in [6.45, 7) is 0. The molecule has 1 radical (unpaired) electrons. The normalized spacial score (nSPS) is 9.85. The van der Waals surface area contributed by atoms with Gasteiger partial charge in [0.05, 0.1) is 5.69 Å². The van der Waals surface area contributed by atoms with Crippen LogP contribution in [0.3, 0.4) is 0 Å². The number of imidazole rings is 1. The van der Waals surface area contributed by atoms with Gasteiger partial charge in [-0.15, -0.1) is 0 Å². The fourth-order valence-electron chi connectivity index (χ4n) is 1.13. The Morgan fingerprint density at radius 3 is 2.62 bits per heavy atom. The predicted molar refractivity (Wildman–Crippen MR) is 48.8 cm³/mol. The van der Waals surface area contributed by atoms with Crippen LogP contribution >= 0.6 is 0 Å². The zero-order chi connectivity index (χ0) is 9.10. The first kappa shape index (κ1) is 7.73. The molecule has 2 aromatic rings. The molecule has 0 amide bonds. The highest BCUT2D eigenvalue weighted by Gasteiger charge is 2.01. The van der Waals surface area contributed by atoms with E-state index in [1.165, 1.54) is 0 Å². The number of nitrogens with one attached hydrogen (secondary N) is 1. The summed E-state index contributed by atoms with van der Waals surface area (Å²) < 4.78 is 0. The minimum atomic E-state index is 0.235. The van der Waals surface area contributed by atoms with Crippen molar-refractivity contribution in [2.45, 2.75) is 0 Å². The molecule has 63 valence electrons. The van der Waals surface area contributed by atoms with E-state index in [0.29, 0.717) is 0 Å². The second-order valence-electron chi connectivity index (χ2n) is 2.60. The minimum absolute atomic E-state index is 0.235. The number of hydrogen-bond donors (Lipinski definition) is 1. The lowest BCUT2D eigenvalue weighted by molar-refractivity contribution is 0.560. The highest BCUT2D eigenvalue weighted by molar-refractivity contribution is 5.72. The van der Waals surface area contributed by atoms with Crippen LogP contribution in [0.1, 0.15) is 5.82 Å². The molecular weight excluding hydrogens is 164 g/mol. The third kappa shape index (κ3) is 1.49. The molecule has 1 aromatic heterocycles. The second-order valence-corrected chi connectivity index (χ2v) is 2.60. The smallest absolute Gasteiger partial charge is 0.271 e. The average molecular weight is 171 g/mol. The quantitative estimate of drug-likeness (QED) is 0.744. The summed E-state index contributed by atoms with van der Waals surface area (Å²) in [6, 6.07) is 9.65. The molecule has 0 spiro atoms. The molecular formula is C10H7N2O. The molecule has 2 rings (SSSR count). The predicted octanol–water partition coefficient (Wildman–Crippen LogP) is 1.53. The first-order valence-electron chi connectivity index (χ1n) is 3.89. The third-order valence-corrected chi connectivity index (χ3v) is 1.74. The lowest BCUT2D eigenvalue weighted by Gasteiger charge is -1.92. The number of aromatic nitrogens is 2. The molecule has 0 bridgehead atoms. The molecule has 13 heavy (non-hydrogen) atoms. The fourth-order valence-corrected chi connectivity index (χ4v) is 1.13. The Morgan fingerprint density at radius 1 is 1.23 bits per heavy atom. The molecule has 1 heterocycles. The van der Waals surface area contributed by atoms with E-state index < -0.39 is 0 Å². The van der Waals surface area contributed by atoms with E-state index in [1.54, 1.807) is 12.5 Å². The number of nitrogens with zero attached hydrogens (tertiary/aromatic N) is 1. The monoisotopic (exact) mass is 171 g/mol. The maximum Gasteiger partial charge on any atom is 0.271 e. The largest absolute Gasteiger partial charge is 0.341 e. The van der Waals surface area contributed by atoms with Crippen LogP contribution in [0.4, 0.5) is 0 Å². The number of H-pyrrole nitrogens is 1. The van der Waals surface area contributed by atoms with Crippen molar-refractivity contribution in [3.8, 4) is 11.3 Å². The van der Waals surface area contributed by atoms with Gasteiger partial charge in [-0.1, -0.05) is 30.3 Å². The van der Waals surface area contributed by atoms with Crippen molar-refractivity contribution in [3.63, 3.8) is 0 Å². The van der Waals surface area contributed by atoms with Crippen molar-refractivity contribution < 1.29 is 4.79 Å². The van der Waals surface area contributed by atoms with Crippen LogP contribution < -0.4 is 0 Å². The van der Waals surface area contributed by atoms with Crippen LogP contribution in [0.25, 0.3) is 11.3 Å². The van der Waals surface area contributed by atoms with Crippen molar-refractivity contribution in [3.05, 3.63) is 42.4 Å². The second kappa shape index (κ2) is 3.23.